The van der Waals surface area contributed by atoms with Gasteiger partial charge in [-0.1, -0.05) is 66.4 Å². The van der Waals surface area contributed by atoms with Gasteiger partial charge in [-0.15, -0.1) is 0 Å². The van der Waals surface area contributed by atoms with Crippen LogP contribution in [0.3, 0.4) is 0 Å². The molecular formula is C30H24N2O2. The van der Waals surface area contributed by atoms with Crippen molar-refractivity contribution in [2.24, 2.45) is 0 Å². The number of hydrogen-bond donors (Lipinski definition) is 0. The predicted octanol–water partition coefficient (Wildman–Crippen LogP) is 4.85. The van der Waals surface area contributed by atoms with Gasteiger partial charge in [0.15, 0.2) is 11.5 Å². The minimum absolute atomic E-state index is 0.157. The Bertz CT molecular complexity index is 1610. The van der Waals surface area contributed by atoms with Crippen molar-refractivity contribution in [2.75, 3.05) is 7.05 Å². The summed E-state index contributed by atoms with van der Waals surface area (Å²) in [7, 11) is 1.97. The Morgan fingerprint density at radius 1 is 0.824 bits per heavy atom. The van der Waals surface area contributed by atoms with E-state index in [2.05, 4.69) is 22.8 Å². The van der Waals surface area contributed by atoms with Gasteiger partial charge in [-0.3, -0.25) is 4.79 Å². The number of benzene rings is 3. The van der Waals surface area contributed by atoms with Gasteiger partial charge in [0.2, 0.25) is 5.69 Å². The molecule has 1 aliphatic heterocycles. The molecule has 2 heterocycles. The van der Waals surface area contributed by atoms with Crippen LogP contribution in [0.1, 0.15) is 29.3 Å². The minimum atomic E-state index is -0.157. The third-order valence-corrected chi connectivity index (χ3v) is 7.22. The number of aromatic nitrogens is 1. The number of rotatable bonds is 3. The van der Waals surface area contributed by atoms with E-state index in [9.17, 15) is 9.90 Å². The number of hydrogen-bond acceptors (Lipinski definition) is 2. The van der Waals surface area contributed by atoms with Crippen molar-refractivity contribution in [2.45, 2.75) is 20.4 Å². The monoisotopic (exact) mass is 444 g/mol. The lowest BCUT2D eigenvalue weighted by atomic mass is 9.78. The van der Waals surface area contributed by atoms with Crippen molar-refractivity contribution in [3.05, 3.63) is 113 Å². The summed E-state index contributed by atoms with van der Waals surface area (Å²) in [6, 6.07) is 26.2. The second-order valence-electron chi connectivity index (χ2n) is 8.99. The zero-order valence-electron chi connectivity index (χ0n) is 19.4. The fourth-order valence-electron chi connectivity index (χ4n) is 5.40. The maximum Gasteiger partial charge on any atom is 0.213 e. The van der Waals surface area contributed by atoms with Gasteiger partial charge in [-0.2, -0.15) is 4.58 Å². The number of carbonyl (C=O) groups excluding carboxylic acids is 1. The normalized spacial score (nSPS) is 17.6. The van der Waals surface area contributed by atoms with Crippen molar-refractivity contribution in [1.29, 1.82) is 0 Å². The molecular weight excluding hydrogens is 420 g/mol. The molecule has 6 rings (SSSR count). The molecule has 0 fully saturated rings. The Morgan fingerprint density at radius 2 is 1.50 bits per heavy atom. The van der Waals surface area contributed by atoms with E-state index in [0.717, 1.165) is 44.7 Å². The van der Waals surface area contributed by atoms with Gasteiger partial charge in [-0.25, -0.2) is 0 Å². The number of carbonyl (C=O) groups is 1. The third-order valence-electron chi connectivity index (χ3n) is 7.22. The number of nitrogens with zero attached hydrogens (tertiary/aromatic N) is 2. The van der Waals surface area contributed by atoms with Gasteiger partial charge in [-0.05, 0) is 24.6 Å². The standard InChI is InChI=1S/C30H24N2O2/c1-18-25(21-13-7-9-15-23(21)31(18)3)27-29(33)28(30(27)34)26-19(2)32(17-20-11-5-4-6-12-20)24-16-10-8-14-22(24)26/h4-16H,17H2,1-3H3. The highest BCUT2D eigenvalue weighted by Gasteiger charge is 2.40. The van der Waals surface area contributed by atoms with E-state index in [-0.39, 0.29) is 11.5 Å². The molecule has 0 atom stereocenters. The van der Waals surface area contributed by atoms with Crippen molar-refractivity contribution in [3.8, 4) is 0 Å². The zero-order valence-corrected chi connectivity index (χ0v) is 19.4. The number of Topliss-reactive ketones (excluding diaryl/α,β-unsaturated/α-hetero) is 1. The van der Waals surface area contributed by atoms with Crippen LogP contribution in [0.25, 0.3) is 22.0 Å². The van der Waals surface area contributed by atoms with Crippen LogP contribution >= 0.6 is 0 Å². The Hall–Kier alpha value is -4.18. The van der Waals surface area contributed by atoms with Crippen LogP contribution < -0.4 is 5.11 Å². The summed E-state index contributed by atoms with van der Waals surface area (Å²) in [6.45, 7) is 4.66. The Morgan fingerprint density at radius 3 is 2.26 bits per heavy atom. The number of ketones is 1. The van der Waals surface area contributed by atoms with E-state index in [1.54, 1.807) is 0 Å². The Labute approximate surface area is 198 Å². The smallest absolute Gasteiger partial charge is 0.213 e. The van der Waals surface area contributed by atoms with Crippen LogP contribution in [0.5, 0.6) is 0 Å². The first-order valence-electron chi connectivity index (χ1n) is 11.5. The summed E-state index contributed by atoms with van der Waals surface area (Å²) in [6.07, 6.45) is 0. The molecule has 0 unspecified atom stereocenters. The molecule has 4 nitrogen and oxygen atoms in total. The summed E-state index contributed by atoms with van der Waals surface area (Å²) in [5, 5.41) is 14.6. The predicted molar refractivity (Wildman–Crippen MR) is 134 cm³/mol. The fourth-order valence-corrected chi connectivity index (χ4v) is 5.40. The molecule has 34 heavy (non-hydrogen) atoms. The molecule has 0 N–H and O–H groups in total. The molecule has 1 aromatic heterocycles. The average Bonchev–Trinajstić information content (AvgIpc) is 3.27. The van der Waals surface area contributed by atoms with Crippen molar-refractivity contribution < 1.29 is 14.5 Å². The van der Waals surface area contributed by atoms with Gasteiger partial charge in [0.05, 0.1) is 11.1 Å². The lowest BCUT2D eigenvalue weighted by Gasteiger charge is -2.32. The zero-order chi connectivity index (χ0) is 23.6. The van der Waals surface area contributed by atoms with E-state index in [1.165, 1.54) is 5.56 Å². The summed E-state index contributed by atoms with van der Waals surface area (Å²) in [5.41, 5.74) is 8.19. The van der Waals surface area contributed by atoms with Crippen LogP contribution in [0.15, 0.2) is 90.2 Å². The van der Waals surface area contributed by atoms with Crippen molar-refractivity contribution in [3.63, 3.8) is 0 Å². The molecule has 0 saturated heterocycles. The van der Waals surface area contributed by atoms with E-state index in [0.29, 0.717) is 17.7 Å². The Kier molecular flexibility index (Phi) is 4.46. The number of fused-ring (bicyclic) bond motifs is 2. The van der Waals surface area contributed by atoms with Gasteiger partial charge >= 0.3 is 0 Å². The van der Waals surface area contributed by atoms with Crippen LogP contribution in [-0.4, -0.2) is 27.7 Å². The van der Waals surface area contributed by atoms with Crippen LogP contribution in [0.2, 0.25) is 0 Å². The van der Waals surface area contributed by atoms with Gasteiger partial charge in [0.25, 0.3) is 0 Å². The SMILES string of the molecule is CC1=[N+](C)c2ccccc2/C1=C1/C(=O)C(c2c(C)n(Cc3ccccc3)c3ccccc23)=C1[O-]. The summed E-state index contributed by atoms with van der Waals surface area (Å²) in [5.74, 6) is -0.315. The lowest BCUT2D eigenvalue weighted by molar-refractivity contribution is -0.401. The largest absolute Gasteiger partial charge is 0.871 e. The second-order valence-corrected chi connectivity index (χ2v) is 8.99. The highest BCUT2D eigenvalue weighted by molar-refractivity contribution is 6.46. The molecule has 0 bridgehead atoms. The molecule has 3 aromatic carbocycles. The third kappa shape index (κ3) is 2.72. The van der Waals surface area contributed by atoms with Crippen LogP contribution in [0, 0.1) is 6.92 Å². The van der Waals surface area contributed by atoms with Crippen LogP contribution in [0.4, 0.5) is 5.69 Å². The summed E-state index contributed by atoms with van der Waals surface area (Å²) in [4.78, 5) is 13.6. The Balaban J connectivity index is 1.56. The van der Waals surface area contributed by atoms with Gasteiger partial charge in [0.1, 0.15) is 7.05 Å². The first-order chi connectivity index (χ1) is 16.5. The number of para-hydroxylation sites is 2. The maximum absolute atomic E-state index is 13.6. The maximum atomic E-state index is 13.6. The molecule has 166 valence electrons. The molecule has 4 heteroatoms. The topological polar surface area (TPSA) is 48.1 Å². The molecule has 0 amide bonds. The summed E-state index contributed by atoms with van der Waals surface area (Å²) >= 11 is 0. The van der Waals surface area contributed by atoms with E-state index < -0.39 is 0 Å². The summed E-state index contributed by atoms with van der Waals surface area (Å²) < 4.78 is 4.25. The van der Waals surface area contributed by atoms with E-state index in [4.69, 9.17) is 0 Å². The van der Waals surface area contributed by atoms with Crippen LogP contribution in [-0.2, 0) is 11.3 Å². The van der Waals surface area contributed by atoms with E-state index in [1.807, 2.05) is 86.1 Å². The van der Waals surface area contributed by atoms with Gasteiger partial charge in [0, 0.05) is 52.8 Å². The highest BCUT2D eigenvalue weighted by Crippen LogP contribution is 2.46. The molecule has 0 spiro atoms. The highest BCUT2D eigenvalue weighted by atomic mass is 16.3. The molecule has 0 saturated carbocycles. The van der Waals surface area contributed by atoms with Crippen molar-refractivity contribution in [1.82, 2.24) is 4.57 Å². The van der Waals surface area contributed by atoms with Gasteiger partial charge < -0.3 is 9.67 Å². The van der Waals surface area contributed by atoms with E-state index >= 15 is 0 Å². The number of allylic oxidation sites excluding steroid dienone is 3. The minimum Gasteiger partial charge on any atom is -0.871 e. The molecule has 1 aliphatic carbocycles. The fraction of sp³-hybridized carbons (Fsp3) is 0.133. The quantitative estimate of drug-likeness (QED) is 0.335. The molecule has 2 aliphatic rings. The first kappa shape index (κ1) is 20.4. The molecule has 0 radical (unpaired) electrons. The molecule has 4 aromatic rings. The average molecular weight is 445 g/mol. The lowest BCUT2D eigenvalue weighted by Crippen LogP contribution is -2.31. The van der Waals surface area contributed by atoms with Crippen molar-refractivity contribution >= 4 is 39.2 Å². The first-order valence-corrected chi connectivity index (χ1v) is 11.5. The second kappa shape index (κ2) is 7.42.